The van der Waals surface area contributed by atoms with E-state index in [0.717, 1.165) is 28.0 Å². The molecule has 0 saturated heterocycles. The number of aryl methyl sites for hydroxylation is 3. The predicted molar refractivity (Wildman–Crippen MR) is 81.7 cm³/mol. The van der Waals surface area contributed by atoms with Gasteiger partial charge in [-0.15, -0.1) is 0 Å². The highest BCUT2D eigenvalue weighted by atomic mass is 19.1. The molecule has 0 spiro atoms. The molecule has 1 aromatic carbocycles. The third-order valence-electron chi connectivity index (χ3n) is 3.55. The molecule has 108 valence electrons. The van der Waals surface area contributed by atoms with Crippen molar-refractivity contribution in [3.63, 3.8) is 0 Å². The van der Waals surface area contributed by atoms with E-state index in [0.29, 0.717) is 12.1 Å². The molecule has 2 heterocycles. The zero-order valence-electron chi connectivity index (χ0n) is 12.3. The van der Waals surface area contributed by atoms with Gasteiger partial charge in [0.15, 0.2) is 5.65 Å². The SMILES string of the molecule is Cc1ccc(F)c(CNc2cnc3c(c2)c(C)nn3C)c1. The van der Waals surface area contributed by atoms with Crippen molar-refractivity contribution >= 4 is 16.7 Å². The molecule has 2 aromatic heterocycles. The van der Waals surface area contributed by atoms with E-state index in [-0.39, 0.29) is 5.82 Å². The van der Waals surface area contributed by atoms with Gasteiger partial charge in [-0.1, -0.05) is 17.7 Å². The average molecular weight is 284 g/mol. The van der Waals surface area contributed by atoms with E-state index in [1.54, 1.807) is 16.9 Å². The fraction of sp³-hybridized carbons (Fsp3) is 0.250. The number of halogens is 1. The quantitative estimate of drug-likeness (QED) is 0.802. The standard InChI is InChI=1S/C16H17FN4/c1-10-4-5-15(17)12(6-10)8-18-13-7-14-11(2)20-21(3)16(14)19-9-13/h4-7,9,18H,8H2,1-3H3. The van der Waals surface area contributed by atoms with Gasteiger partial charge < -0.3 is 5.32 Å². The van der Waals surface area contributed by atoms with Crippen molar-refractivity contribution < 1.29 is 4.39 Å². The Labute approximate surface area is 122 Å². The fourth-order valence-electron chi connectivity index (χ4n) is 2.44. The molecule has 21 heavy (non-hydrogen) atoms. The third kappa shape index (κ3) is 2.59. The molecule has 3 aromatic rings. The summed E-state index contributed by atoms with van der Waals surface area (Å²) in [6, 6.07) is 7.12. The minimum atomic E-state index is -0.195. The number of fused-ring (bicyclic) bond motifs is 1. The lowest BCUT2D eigenvalue weighted by Crippen LogP contribution is -2.02. The highest BCUT2D eigenvalue weighted by molar-refractivity contribution is 5.81. The van der Waals surface area contributed by atoms with Crippen LogP contribution >= 0.6 is 0 Å². The van der Waals surface area contributed by atoms with Gasteiger partial charge in [-0.05, 0) is 26.0 Å². The molecular weight excluding hydrogens is 267 g/mol. The maximum absolute atomic E-state index is 13.7. The second-order valence-corrected chi connectivity index (χ2v) is 5.25. The molecular formula is C16H17FN4. The lowest BCUT2D eigenvalue weighted by molar-refractivity contribution is 0.612. The molecule has 1 N–H and O–H groups in total. The monoisotopic (exact) mass is 284 g/mol. The summed E-state index contributed by atoms with van der Waals surface area (Å²) in [6.45, 7) is 4.34. The highest BCUT2D eigenvalue weighted by Crippen LogP contribution is 2.20. The predicted octanol–water partition coefficient (Wildman–Crippen LogP) is 3.34. The van der Waals surface area contributed by atoms with E-state index in [4.69, 9.17) is 0 Å². The van der Waals surface area contributed by atoms with Gasteiger partial charge >= 0.3 is 0 Å². The van der Waals surface area contributed by atoms with Crippen LogP contribution in [0.2, 0.25) is 0 Å². The topological polar surface area (TPSA) is 42.7 Å². The second-order valence-electron chi connectivity index (χ2n) is 5.25. The van der Waals surface area contributed by atoms with Crippen LogP contribution in [0.5, 0.6) is 0 Å². The number of aromatic nitrogens is 3. The van der Waals surface area contributed by atoms with Gasteiger partial charge in [0, 0.05) is 24.5 Å². The molecule has 0 aliphatic rings. The van der Waals surface area contributed by atoms with Crippen LogP contribution in [0.3, 0.4) is 0 Å². The van der Waals surface area contributed by atoms with Gasteiger partial charge in [0.05, 0.1) is 17.6 Å². The average Bonchev–Trinajstić information content (AvgIpc) is 2.75. The number of hydrogen-bond acceptors (Lipinski definition) is 3. The molecule has 5 heteroatoms. The minimum Gasteiger partial charge on any atom is -0.380 e. The van der Waals surface area contributed by atoms with Crippen molar-refractivity contribution in [1.29, 1.82) is 0 Å². The Morgan fingerprint density at radius 3 is 2.86 bits per heavy atom. The number of nitrogens with one attached hydrogen (secondary N) is 1. The molecule has 0 amide bonds. The van der Waals surface area contributed by atoms with E-state index in [2.05, 4.69) is 15.4 Å². The third-order valence-corrected chi connectivity index (χ3v) is 3.55. The van der Waals surface area contributed by atoms with Crippen molar-refractivity contribution in [3.05, 3.63) is 53.1 Å². The second kappa shape index (κ2) is 5.16. The Balaban J connectivity index is 1.85. The number of anilines is 1. The highest BCUT2D eigenvalue weighted by Gasteiger charge is 2.07. The maximum atomic E-state index is 13.7. The van der Waals surface area contributed by atoms with Crippen LogP contribution < -0.4 is 5.32 Å². The number of benzene rings is 1. The molecule has 4 nitrogen and oxygen atoms in total. The van der Waals surface area contributed by atoms with Crippen LogP contribution in [0.1, 0.15) is 16.8 Å². The van der Waals surface area contributed by atoms with E-state index in [9.17, 15) is 4.39 Å². The zero-order valence-corrected chi connectivity index (χ0v) is 12.3. The van der Waals surface area contributed by atoms with Gasteiger partial charge in [0.2, 0.25) is 0 Å². The Morgan fingerprint density at radius 1 is 1.24 bits per heavy atom. The normalized spacial score (nSPS) is 11.0. The molecule has 0 fully saturated rings. The first-order chi connectivity index (χ1) is 10.0. The molecule has 0 aliphatic carbocycles. The minimum absolute atomic E-state index is 0.195. The zero-order chi connectivity index (χ0) is 15.0. The van der Waals surface area contributed by atoms with E-state index in [1.807, 2.05) is 33.0 Å². The summed E-state index contributed by atoms with van der Waals surface area (Å²) < 4.78 is 15.5. The number of hydrogen-bond donors (Lipinski definition) is 1. The fourth-order valence-corrected chi connectivity index (χ4v) is 2.44. The Hall–Kier alpha value is -2.43. The van der Waals surface area contributed by atoms with E-state index < -0.39 is 0 Å². The van der Waals surface area contributed by atoms with E-state index in [1.165, 1.54) is 6.07 Å². The Morgan fingerprint density at radius 2 is 2.05 bits per heavy atom. The summed E-state index contributed by atoms with van der Waals surface area (Å²) in [5.74, 6) is -0.195. The summed E-state index contributed by atoms with van der Waals surface area (Å²) in [6.07, 6.45) is 1.75. The van der Waals surface area contributed by atoms with Crippen LogP contribution in [-0.4, -0.2) is 14.8 Å². The first kappa shape index (κ1) is 13.5. The van der Waals surface area contributed by atoms with Crippen molar-refractivity contribution in [1.82, 2.24) is 14.8 Å². The lowest BCUT2D eigenvalue weighted by Gasteiger charge is -2.08. The first-order valence-corrected chi connectivity index (χ1v) is 6.83. The molecule has 0 atom stereocenters. The molecule has 0 unspecified atom stereocenters. The summed E-state index contributed by atoms with van der Waals surface area (Å²) in [5.41, 5.74) is 4.34. The van der Waals surface area contributed by atoms with Crippen LogP contribution in [0.25, 0.3) is 11.0 Å². The van der Waals surface area contributed by atoms with Crippen molar-refractivity contribution in [3.8, 4) is 0 Å². The maximum Gasteiger partial charge on any atom is 0.157 e. The van der Waals surface area contributed by atoms with Crippen LogP contribution in [0.4, 0.5) is 10.1 Å². The number of rotatable bonds is 3. The van der Waals surface area contributed by atoms with Gasteiger partial charge in [0.1, 0.15) is 5.82 Å². The van der Waals surface area contributed by atoms with Crippen LogP contribution in [-0.2, 0) is 13.6 Å². The number of nitrogens with zero attached hydrogens (tertiary/aromatic N) is 3. The van der Waals surface area contributed by atoms with Crippen LogP contribution in [0, 0.1) is 19.7 Å². The Kier molecular flexibility index (Phi) is 3.33. The molecule has 0 saturated carbocycles. The molecule has 3 rings (SSSR count). The van der Waals surface area contributed by atoms with Gasteiger partial charge in [-0.2, -0.15) is 5.10 Å². The van der Waals surface area contributed by atoms with Crippen LogP contribution in [0.15, 0.2) is 30.5 Å². The lowest BCUT2D eigenvalue weighted by atomic mass is 10.1. The first-order valence-electron chi connectivity index (χ1n) is 6.83. The Bertz CT molecular complexity index is 807. The summed E-state index contributed by atoms with van der Waals surface area (Å²) >= 11 is 0. The summed E-state index contributed by atoms with van der Waals surface area (Å²) in [5, 5.41) is 8.57. The van der Waals surface area contributed by atoms with Crippen molar-refractivity contribution in [2.75, 3.05) is 5.32 Å². The van der Waals surface area contributed by atoms with Gasteiger partial charge in [-0.25, -0.2) is 9.37 Å². The van der Waals surface area contributed by atoms with E-state index >= 15 is 0 Å². The van der Waals surface area contributed by atoms with Crippen molar-refractivity contribution in [2.45, 2.75) is 20.4 Å². The molecule has 0 radical (unpaired) electrons. The largest absolute Gasteiger partial charge is 0.380 e. The molecule has 0 aliphatic heterocycles. The summed E-state index contributed by atoms with van der Waals surface area (Å²) in [7, 11) is 1.87. The smallest absolute Gasteiger partial charge is 0.157 e. The molecule has 0 bridgehead atoms. The summed E-state index contributed by atoms with van der Waals surface area (Å²) in [4.78, 5) is 4.40. The van der Waals surface area contributed by atoms with Gasteiger partial charge in [-0.3, -0.25) is 4.68 Å². The van der Waals surface area contributed by atoms with Crippen molar-refractivity contribution in [2.24, 2.45) is 7.05 Å². The number of pyridine rings is 1. The van der Waals surface area contributed by atoms with Gasteiger partial charge in [0.25, 0.3) is 0 Å².